The van der Waals surface area contributed by atoms with Crippen molar-refractivity contribution in [1.82, 2.24) is 19.9 Å². The number of halogens is 2. The van der Waals surface area contributed by atoms with E-state index >= 15 is 4.39 Å². The lowest BCUT2D eigenvalue weighted by molar-refractivity contribution is 0.0152. The molecular formula is C35H37F2N5O5S. The third-order valence-corrected chi connectivity index (χ3v) is 11.8. The Morgan fingerprint density at radius 1 is 1.19 bits per heavy atom. The number of phenolic OH excluding ortho intramolecular Hbond substituents is 1. The highest BCUT2D eigenvalue weighted by Crippen LogP contribution is 2.49. The Morgan fingerprint density at radius 3 is 2.81 bits per heavy atom. The second-order valence-corrected chi connectivity index (χ2v) is 15.6. The molecule has 7 rings (SSSR count). The van der Waals surface area contributed by atoms with Gasteiger partial charge in [0.1, 0.15) is 28.6 Å². The van der Waals surface area contributed by atoms with Crippen LogP contribution >= 0.6 is 0 Å². The summed E-state index contributed by atoms with van der Waals surface area (Å²) in [4.78, 5) is 17.9. The number of piperidine rings is 1. The summed E-state index contributed by atoms with van der Waals surface area (Å²) >= 11 is 0. The molecule has 2 unspecified atom stereocenters. The molecular weight excluding hydrogens is 640 g/mol. The van der Waals surface area contributed by atoms with Crippen LogP contribution in [-0.2, 0) is 14.6 Å². The zero-order chi connectivity index (χ0) is 33.8. The monoisotopic (exact) mass is 677 g/mol. The fourth-order valence-corrected chi connectivity index (χ4v) is 9.10. The molecule has 2 aliphatic heterocycles. The maximum absolute atomic E-state index is 16.8. The molecule has 1 N–H and O–H groups in total. The Balaban J connectivity index is 1.36. The number of rotatable bonds is 6. The van der Waals surface area contributed by atoms with Gasteiger partial charge in [-0.3, -0.25) is 4.98 Å². The number of anilines is 1. The molecule has 3 aliphatic rings. The molecule has 0 spiro atoms. The predicted molar refractivity (Wildman–Crippen MR) is 179 cm³/mol. The van der Waals surface area contributed by atoms with Gasteiger partial charge in [0.05, 0.1) is 29.4 Å². The van der Waals surface area contributed by atoms with Gasteiger partial charge in [0.25, 0.3) is 0 Å². The van der Waals surface area contributed by atoms with Gasteiger partial charge < -0.3 is 24.4 Å². The summed E-state index contributed by atoms with van der Waals surface area (Å²) in [5.74, 6) is 1.17. The van der Waals surface area contributed by atoms with Crippen molar-refractivity contribution in [1.29, 1.82) is 0 Å². The average Bonchev–Trinajstić information content (AvgIpc) is 3.30. The minimum Gasteiger partial charge on any atom is -0.508 e. The molecule has 10 nitrogen and oxygen atoms in total. The summed E-state index contributed by atoms with van der Waals surface area (Å²) in [5.41, 5.74) is -0.619. The van der Waals surface area contributed by atoms with Crippen LogP contribution in [0.3, 0.4) is 0 Å². The Morgan fingerprint density at radius 2 is 2.02 bits per heavy atom. The van der Waals surface area contributed by atoms with Crippen LogP contribution < -0.4 is 9.64 Å². The van der Waals surface area contributed by atoms with Crippen molar-refractivity contribution in [2.24, 2.45) is 5.41 Å². The van der Waals surface area contributed by atoms with Crippen LogP contribution in [0.5, 0.6) is 11.8 Å². The smallest absolute Gasteiger partial charge is 0.319 e. The van der Waals surface area contributed by atoms with Crippen molar-refractivity contribution in [2.75, 3.05) is 57.7 Å². The lowest BCUT2D eigenvalue weighted by Crippen LogP contribution is -2.56. The van der Waals surface area contributed by atoms with Gasteiger partial charge in [-0.2, -0.15) is 9.97 Å². The molecule has 0 amide bonds. The number of phenols is 1. The highest BCUT2D eigenvalue weighted by atomic mass is 32.2. The molecule has 4 heterocycles. The summed E-state index contributed by atoms with van der Waals surface area (Å²) in [6, 6.07) is 5.50. The van der Waals surface area contributed by atoms with Crippen LogP contribution in [0.15, 0.2) is 30.5 Å². The largest absolute Gasteiger partial charge is 0.508 e. The van der Waals surface area contributed by atoms with Gasteiger partial charge in [-0.1, -0.05) is 18.4 Å². The van der Waals surface area contributed by atoms with Crippen molar-refractivity contribution in [3.8, 4) is 35.4 Å². The van der Waals surface area contributed by atoms with E-state index in [1.807, 2.05) is 11.9 Å². The Labute approximate surface area is 278 Å². The SMILES string of the molecule is C#Cc1c(F)ccc2cc(O)cc(-c3ncc4c(N5CCCOCC5)nc(OCC56CCC[C@H]5N(C)CC(S(C)(=O)=O)C6)nc4c3F)c12. The topological polar surface area (TPSA) is 118 Å². The third-order valence-electron chi connectivity index (χ3n) is 10.2. The number of ether oxygens (including phenoxy) is 2. The number of pyridine rings is 1. The number of sulfone groups is 1. The summed E-state index contributed by atoms with van der Waals surface area (Å²) in [7, 11) is -1.33. The van der Waals surface area contributed by atoms with Crippen molar-refractivity contribution in [2.45, 2.75) is 43.4 Å². The van der Waals surface area contributed by atoms with Crippen LogP contribution in [0.1, 0.15) is 37.7 Å². The molecule has 2 saturated heterocycles. The maximum Gasteiger partial charge on any atom is 0.319 e. The lowest BCUT2D eigenvalue weighted by Gasteiger charge is -2.47. The standard InChI is InChI=1S/C35H37F2N5O5S/c1-4-24-27(36)9-8-21-15-22(43)16-25(29(21)24)31-30(37)32-26(18-38-31)33(42-11-6-13-46-14-12-42)40-34(39-32)47-20-35-10-5-7-28(35)41(2)19-23(17-35)48(3,44)45/h1,8-9,15-16,18,23,28,43H,5-7,10-14,17,19-20H2,2-3H3/t23?,28-,35?/m1/s1. The van der Waals surface area contributed by atoms with Gasteiger partial charge >= 0.3 is 6.01 Å². The van der Waals surface area contributed by atoms with Gasteiger partial charge in [0, 0.05) is 61.1 Å². The van der Waals surface area contributed by atoms with E-state index in [2.05, 4.69) is 20.8 Å². The number of hydrogen-bond acceptors (Lipinski definition) is 10. The van der Waals surface area contributed by atoms with Gasteiger partial charge in [-0.05, 0) is 56.3 Å². The Kier molecular flexibility index (Phi) is 8.38. The van der Waals surface area contributed by atoms with Crippen molar-refractivity contribution < 1.29 is 31.8 Å². The normalized spacial score (nSPS) is 23.6. The molecule has 13 heteroatoms. The molecule has 48 heavy (non-hydrogen) atoms. The average molecular weight is 678 g/mol. The Hall–Kier alpha value is -4.12. The molecule has 0 radical (unpaired) electrons. The minimum atomic E-state index is -3.29. The van der Waals surface area contributed by atoms with Crippen LogP contribution in [0, 0.1) is 29.4 Å². The van der Waals surface area contributed by atoms with Crippen LogP contribution in [0.4, 0.5) is 14.6 Å². The first-order valence-corrected chi connectivity index (χ1v) is 18.1. The van der Waals surface area contributed by atoms with E-state index in [1.54, 1.807) is 0 Å². The van der Waals surface area contributed by atoms with E-state index in [1.165, 1.54) is 36.7 Å². The number of fused-ring (bicyclic) bond motifs is 3. The summed E-state index contributed by atoms with van der Waals surface area (Å²) < 4.78 is 69.1. The first kappa shape index (κ1) is 32.4. The molecule has 1 saturated carbocycles. The molecule has 3 fully saturated rings. The van der Waals surface area contributed by atoms with Crippen molar-refractivity contribution >= 4 is 37.3 Å². The van der Waals surface area contributed by atoms with E-state index in [-0.39, 0.29) is 52.1 Å². The summed E-state index contributed by atoms with van der Waals surface area (Å²) in [5, 5.41) is 11.0. The van der Waals surface area contributed by atoms with E-state index in [4.69, 9.17) is 20.9 Å². The molecule has 2 aromatic carbocycles. The quantitative estimate of drug-likeness (QED) is 0.288. The number of aromatic hydroxyl groups is 1. The van der Waals surface area contributed by atoms with Crippen molar-refractivity contribution in [3.63, 3.8) is 0 Å². The van der Waals surface area contributed by atoms with E-state index in [9.17, 15) is 17.9 Å². The minimum absolute atomic E-state index is 0.0426. The zero-order valence-corrected chi connectivity index (χ0v) is 27.7. The second-order valence-electron chi connectivity index (χ2n) is 13.3. The molecule has 0 bridgehead atoms. The summed E-state index contributed by atoms with van der Waals surface area (Å²) in [6.45, 7) is 2.78. The maximum atomic E-state index is 16.8. The number of likely N-dealkylation sites (tertiary alicyclic amines) is 1. The third kappa shape index (κ3) is 5.69. The van der Waals surface area contributed by atoms with E-state index in [0.717, 1.165) is 25.7 Å². The molecule has 252 valence electrons. The highest BCUT2D eigenvalue weighted by molar-refractivity contribution is 7.91. The Bertz CT molecular complexity index is 2060. The van der Waals surface area contributed by atoms with Crippen LogP contribution in [0.25, 0.3) is 32.9 Å². The van der Waals surface area contributed by atoms with Crippen LogP contribution in [-0.4, -0.2) is 97.4 Å². The zero-order valence-electron chi connectivity index (χ0n) is 26.9. The van der Waals surface area contributed by atoms with Crippen molar-refractivity contribution in [3.05, 3.63) is 47.7 Å². The molecule has 3 atom stereocenters. The van der Waals surface area contributed by atoms with E-state index < -0.39 is 32.1 Å². The first-order valence-electron chi connectivity index (χ1n) is 16.1. The van der Waals surface area contributed by atoms with Gasteiger partial charge in [-0.25, -0.2) is 17.2 Å². The van der Waals surface area contributed by atoms with Gasteiger partial charge in [0.2, 0.25) is 0 Å². The predicted octanol–water partition coefficient (Wildman–Crippen LogP) is 4.70. The number of benzene rings is 2. The van der Waals surface area contributed by atoms with Crippen LogP contribution in [0.2, 0.25) is 0 Å². The van der Waals surface area contributed by atoms with E-state index in [0.29, 0.717) is 55.9 Å². The number of terminal acetylenes is 1. The molecule has 2 aromatic heterocycles. The number of hydrogen-bond donors (Lipinski definition) is 1. The highest BCUT2D eigenvalue weighted by Gasteiger charge is 2.52. The fraction of sp³-hybridized carbons (Fsp3) is 0.457. The summed E-state index contributed by atoms with van der Waals surface area (Å²) in [6.07, 6.45) is 12.3. The molecule has 1 aliphatic carbocycles. The molecule has 4 aromatic rings. The van der Waals surface area contributed by atoms with Gasteiger partial charge in [0.15, 0.2) is 15.7 Å². The lowest BCUT2D eigenvalue weighted by atomic mass is 9.75. The number of aromatic nitrogens is 3. The fourth-order valence-electron chi connectivity index (χ4n) is 7.96. The first-order chi connectivity index (χ1) is 23.0. The second kappa shape index (κ2) is 12.4. The number of nitrogens with zero attached hydrogens (tertiary/aromatic N) is 5. The van der Waals surface area contributed by atoms with Gasteiger partial charge in [-0.15, -0.1) is 6.42 Å².